The third kappa shape index (κ3) is 5.01. The van der Waals surface area contributed by atoms with Crippen molar-refractivity contribution < 1.29 is 13.9 Å². The number of nitrogens with zero attached hydrogens (tertiary/aromatic N) is 2. The van der Waals surface area contributed by atoms with E-state index in [0.29, 0.717) is 17.2 Å². The Morgan fingerprint density at radius 2 is 2.07 bits per heavy atom. The molecule has 1 amide bonds. The zero-order valence-electron chi connectivity index (χ0n) is 17.7. The summed E-state index contributed by atoms with van der Waals surface area (Å²) in [4.78, 5) is 14.2. The van der Waals surface area contributed by atoms with Gasteiger partial charge in [-0.3, -0.25) is 4.79 Å². The van der Waals surface area contributed by atoms with Crippen LogP contribution in [0.15, 0.2) is 46.0 Å². The van der Waals surface area contributed by atoms with Crippen LogP contribution in [-0.4, -0.2) is 30.8 Å². The number of ether oxygens (including phenoxy) is 1. The Morgan fingerprint density at radius 1 is 1.37 bits per heavy atom. The molecule has 1 aliphatic heterocycles. The molecular formula is C23H27BrFN3O2. The van der Waals surface area contributed by atoms with E-state index in [9.17, 15) is 9.18 Å². The summed E-state index contributed by atoms with van der Waals surface area (Å²) in [5.41, 5.74) is 4.75. The summed E-state index contributed by atoms with van der Waals surface area (Å²) >= 11 is 3.34. The number of fused-ring (bicyclic) bond motifs is 1. The van der Waals surface area contributed by atoms with Crippen molar-refractivity contribution in [2.24, 2.45) is 5.10 Å². The number of carbonyl (C=O) groups is 1. The van der Waals surface area contributed by atoms with Gasteiger partial charge in [0.1, 0.15) is 11.6 Å². The van der Waals surface area contributed by atoms with Gasteiger partial charge in [-0.2, -0.15) is 5.10 Å². The van der Waals surface area contributed by atoms with Gasteiger partial charge in [0.25, 0.3) is 5.91 Å². The van der Waals surface area contributed by atoms with E-state index in [1.165, 1.54) is 6.21 Å². The number of hydrogen-bond acceptors (Lipinski definition) is 4. The number of benzene rings is 2. The SMILES string of the molecule is CCN1c2cc(F)c(/C=N\NC(=O)COc3ccc(Br)cc3)cc2C(C)CC1(C)C. The average molecular weight is 476 g/mol. The second kappa shape index (κ2) is 9.16. The molecule has 0 bridgehead atoms. The molecule has 0 aliphatic carbocycles. The van der Waals surface area contributed by atoms with Crippen LogP contribution < -0.4 is 15.1 Å². The standard InChI is InChI=1S/C23H27BrFN3O2/c1-5-28-21-11-20(25)16(10-19(21)15(2)12-23(28,3)4)13-26-27-22(29)14-30-18-8-6-17(24)7-9-18/h6-11,13,15H,5,12,14H2,1-4H3,(H,27,29)/b26-13-. The molecule has 5 nitrogen and oxygen atoms in total. The molecule has 0 aromatic heterocycles. The van der Waals surface area contributed by atoms with Crippen LogP contribution in [0.3, 0.4) is 0 Å². The summed E-state index contributed by atoms with van der Waals surface area (Å²) in [5, 5.41) is 3.90. The first-order valence-corrected chi connectivity index (χ1v) is 10.8. The topological polar surface area (TPSA) is 53.9 Å². The summed E-state index contributed by atoms with van der Waals surface area (Å²) in [6.45, 7) is 9.26. The minimum absolute atomic E-state index is 0.0218. The maximum absolute atomic E-state index is 14.7. The molecule has 7 heteroatoms. The zero-order chi connectivity index (χ0) is 21.9. The number of hydrazone groups is 1. The first kappa shape index (κ1) is 22.3. The van der Waals surface area contributed by atoms with Crippen molar-refractivity contribution >= 4 is 33.7 Å². The number of amides is 1. The van der Waals surface area contributed by atoms with Crippen LogP contribution in [0, 0.1) is 5.82 Å². The average Bonchev–Trinajstić information content (AvgIpc) is 2.68. The Kier molecular flexibility index (Phi) is 6.81. The highest BCUT2D eigenvalue weighted by molar-refractivity contribution is 9.10. The second-order valence-corrected chi connectivity index (χ2v) is 9.05. The molecule has 3 rings (SSSR count). The molecule has 1 aliphatic rings. The van der Waals surface area contributed by atoms with Gasteiger partial charge in [-0.05, 0) is 75.1 Å². The van der Waals surface area contributed by atoms with E-state index < -0.39 is 5.91 Å². The summed E-state index contributed by atoms with van der Waals surface area (Å²) in [6.07, 6.45) is 2.33. The van der Waals surface area contributed by atoms with E-state index in [1.807, 2.05) is 18.2 Å². The van der Waals surface area contributed by atoms with Gasteiger partial charge in [0, 0.05) is 27.8 Å². The molecule has 0 fully saturated rings. The fourth-order valence-corrected chi connectivity index (χ4v) is 4.37. The number of rotatable bonds is 6. The lowest BCUT2D eigenvalue weighted by Gasteiger charge is -2.47. The number of halogens is 2. The maximum Gasteiger partial charge on any atom is 0.277 e. The van der Waals surface area contributed by atoms with Crippen LogP contribution in [0.4, 0.5) is 10.1 Å². The van der Waals surface area contributed by atoms with Gasteiger partial charge < -0.3 is 9.64 Å². The Balaban J connectivity index is 1.66. The smallest absolute Gasteiger partial charge is 0.277 e. The normalized spacial score (nSPS) is 17.7. The first-order chi connectivity index (χ1) is 14.2. The van der Waals surface area contributed by atoms with E-state index in [0.717, 1.165) is 28.7 Å². The Hall–Kier alpha value is -2.41. The highest BCUT2D eigenvalue weighted by Crippen LogP contribution is 2.43. The Bertz CT molecular complexity index is 944. The van der Waals surface area contributed by atoms with Gasteiger partial charge in [-0.1, -0.05) is 22.9 Å². The molecule has 0 spiro atoms. The van der Waals surface area contributed by atoms with Crippen LogP contribution >= 0.6 is 15.9 Å². The van der Waals surface area contributed by atoms with Gasteiger partial charge in [-0.25, -0.2) is 9.82 Å². The lowest BCUT2D eigenvalue weighted by Crippen LogP contribution is -2.48. The first-order valence-electron chi connectivity index (χ1n) is 10.0. The number of carbonyl (C=O) groups excluding carboxylic acids is 1. The highest BCUT2D eigenvalue weighted by Gasteiger charge is 2.36. The largest absolute Gasteiger partial charge is 0.484 e. The van der Waals surface area contributed by atoms with Gasteiger partial charge in [-0.15, -0.1) is 0 Å². The fraction of sp³-hybridized carbons (Fsp3) is 0.391. The van der Waals surface area contributed by atoms with Crippen molar-refractivity contribution in [2.75, 3.05) is 18.1 Å². The Morgan fingerprint density at radius 3 is 2.73 bits per heavy atom. The van der Waals surface area contributed by atoms with Crippen molar-refractivity contribution in [1.82, 2.24) is 5.43 Å². The van der Waals surface area contributed by atoms with E-state index >= 15 is 0 Å². The van der Waals surface area contributed by atoms with Crippen molar-refractivity contribution in [3.05, 3.63) is 57.8 Å². The summed E-state index contributed by atoms with van der Waals surface area (Å²) in [6, 6.07) is 10.6. The maximum atomic E-state index is 14.7. The van der Waals surface area contributed by atoms with Crippen LogP contribution in [-0.2, 0) is 4.79 Å². The third-order valence-corrected chi connectivity index (χ3v) is 5.93. The predicted molar refractivity (Wildman–Crippen MR) is 122 cm³/mol. The van der Waals surface area contributed by atoms with Crippen LogP contribution in [0.1, 0.15) is 51.2 Å². The molecule has 1 atom stereocenters. The summed E-state index contributed by atoms with van der Waals surface area (Å²) in [5.74, 6) is 0.107. The molecule has 160 valence electrons. The highest BCUT2D eigenvalue weighted by atomic mass is 79.9. The van der Waals surface area contributed by atoms with Crippen molar-refractivity contribution in [3.8, 4) is 5.75 Å². The molecule has 0 saturated heterocycles. The summed E-state index contributed by atoms with van der Waals surface area (Å²) < 4.78 is 21.1. The zero-order valence-corrected chi connectivity index (χ0v) is 19.3. The molecule has 1 heterocycles. The number of nitrogens with one attached hydrogen (secondary N) is 1. The molecule has 0 radical (unpaired) electrons. The Labute approximate surface area is 185 Å². The molecule has 2 aromatic rings. The minimum atomic E-state index is -0.417. The lowest BCUT2D eigenvalue weighted by molar-refractivity contribution is -0.123. The van der Waals surface area contributed by atoms with Crippen molar-refractivity contribution in [3.63, 3.8) is 0 Å². The van der Waals surface area contributed by atoms with E-state index in [-0.39, 0.29) is 18.0 Å². The van der Waals surface area contributed by atoms with E-state index in [4.69, 9.17) is 4.74 Å². The molecule has 1 N–H and O–H groups in total. The van der Waals surface area contributed by atoms with E-state index in [1.54, 1.807) is 18.2 Å². The molecule has 0 saturated carbocycles. The van der Waals surface area contributed by atoms with Gasteiger partial charge in [0.15, 0.2) is 6.61 Å². The monoisotopic (exact) mass is 475 g/mol. The lowest BCUT2D eigenvalue weighted by atomic mass is 9.79. The summed E-state index contributed by atoms with van der Waals surface area (Å²) in [7, 11) is 0. The third-order valence-electron chi connectivity index (χ3n) is 5.40. The van der Waals surface area contributed by atoms with Crippen LogP contribution in [0.2, 0.25) is 0 Å². The van der Waals surface area contributed by atoms with Gasteiger partial charge in [0.2, 0.25) is 0 Å². The van der Waals surface area contributed by atoms with Gasteiger partial charge in [0.05, 0.1) is 6.21 Å². The van der Waals surface area contributed by atoms with Crippen LogP contribution in [0.5, 0.6) is 5.75 Å². The number of anilines is 1. The van der Waals surface area contributed by atoms with Crippen molar-refractivity contribution in [2.45, 2.75) is 45.6 Å². The molecule has 30 heavy (non-hydrogen) atoms. The second-order valence-electron chi connectivity index (χ2n) is 8.13. The van der Waals surface area contributed by atoms with Crippen molar-refractivity contribution in [1.29, 1.82) is 0 Å². The number of hydrogen-bond donors (Lipinski definition) is 1. The molecule has 2 aromatic carbocycles. The minimum Gasteiger partial charge on any atom is -0.484 e. The van der Waals surface area contributed by atoms with E-state index in [2.05, 4.69) is 59.1 Å². The quantitative estimate of drug-likeness (QED) is 0.459. The molecule has 1 unspecified atom stereocenters. The fourth-order valence-electron chi connectivity index (χ4n) is 4.10. The predicted octanol–water partition coefficient (Wildman–Crippen LogP) is 5.23. The molecular weight excluding hydrogens is 449 g/mol. The van der Waals surface area contributed by atoms with Crippen LogP contribution in [0.25, 0.3) is 0 Å². The van der Waals surface area contributed by atoms with Gasteiger partial charge >= 0.3 is 0 Å².